The molecular weight excluding hydrogens is 412 g/mol. The Balaban J connectivity index is 2.94. The van der Waals surface area contributed by atoms with E-state index >= 15 is 0 Å². The molecule has 1 N–H and O–H groups in total. The summed E-state index contributed by atoms with van der Waals surface area (Å²) >= 11 is 3.34. The summed E-state index contributed by atoms with van der Waals surface area (Å²) in [5.74, 6) is -1.14. The summed E-state index contributed by atoms with van der Waals surface area (Å²) in [5, 5.41) is 2.78. The summed E-state index contributed by atoms with van der Waals surface area (Å²) in [4.78, 5) is 29.3. The Morgan fingerprint density at radius 2 is 2.04 bits per heavy atom. The standard InChI is InChI=1S/C20H27BrN2O4/c1-6-8-27-12-16(13(3)4)19(24)23-17(20(25)26-5)11-15-9-14(7-2)10-18(21)22-15/h6-7,9-10,13,16-17H,1-2,8,11-12H2,3-5H3,(H,23,24)/t16-,17-/m0/s1. The minimum absolute atomic E-state index is 0.0458. The number of pyridine rings is 1. The lowest BCUT2D eigenvalue weighted by Crippen LogP contribution is -2.47. The Bertz CT molecular complexity index is 676. The monoisotopic (exact) mass is 438 g/mol. The van der Waals surface area contributed by atoms with Crippen molar-refractivity contribution in [3.63, 3.8) is 0 Å². The topological polar surface area (TPSA) is 77.5 Å². The number of carbonyl (C=O) groups excluding carboxylic acids is 2. The van der Waals surface area contributed by atoms with E-state index in [1.807, 2.05) is 26.0 Å². The van der Waals surface area contributed by atoms with Crippen molar-refractivity contribution in [2.75, 3.05) is 20.3 Å². The van der Waals surface area contributed by atoms with E-state index in [0.29, 0.717) is 16.9 Å². The Morgan fingerprint density at radius 3 is 2.59 bits per heavy atom. The Kier molecular flexibility index (Phi) is 9.96. The zero-order valence-electron chi connectivity index (χ0n) is 16.0. The van der Waals surface area contributed by atoms with E-state index in [4.69, 9.17) is 9.47 Å². The van der Waals surface area contributed by atoms with E-state index in [1.54, 1.807) is 12.2 Å². The van der Waals surface area contributed by atoms with Gasteiger partial charge >= 0.3 is 5.97 Å². The predicted molar refractivity (Wildman–Crippen MR) is 109 cm³/mol. The lowest BCUT2D eigenvalue weighted by Gasteiger charge is -2.23. The molecule has 1 heterocycles. The highest BCUT2D eigenvalue weighted by atomic mass is 79.9. The molecule has 7 heteroatoms. The van der Waals surface area contributed by atoms with Crippen LogP contribution in [0.25, 0.3) is 6.08 Å². The third kappa shape index (κ3) is 7.64. The molecule has 0 aliphatic carbocycles. The molecule has 1 amide bonds. The van der Waals surface area contributed by atoms with Crippen molar-refractivity contribution in [1.29, 1.82) is 0 Å². The molecule has 6 nitrogen and oxygen atoms in total. The molecule has 0 unspecified atom stereocenters. The zero-order chi connectivity index (χ0) is 20.4. The molecule has 0 aromatic carbocycles. The van der Waals surface area contributed by atoms with Gasteiger partial charge in [-0.2, -0.15) is 0 Å². The van der Waals surface area contributed by atoms with Crippen LogP contribution in [0.1, 0.15) is 25.1 Å². The van der Waals surface area contributed by atoms with Gasteiger partial charge in [0.05, 0.1) is 26.2 Å². The van der Waals surface area contributed by atoms with Gasteiger partial charge in [0.2, 0.25) is 5.91 Å². The van der Waals surface area contributed by atoms with Crippen molar-refractivity contribution in [3.05, 3.63) is 47.2 Å². The molecule has 0 fully saturated rings. The van der Waals surface area contributed by atoms with Gasteiger partial charge in [-0.15, -0.1) is 6.58 Å². The molecule has 0 bridgehead atoms. The van der Waals surface area contributed by atoms with Gasteiger partial charge in [0, 0.05) is 12.1 Å². The van der Waals surface area contributed by atoms with Crippen molar-refractivity contribution >= 4 is 33.9 Å². The minimum Gasteiger partial charge on any atom is -0.467 e. The quantitative estimate of drug-likeness (QED) is 0.248. The minimum atomic E-state index is -0.845. The molecule has 0 radical (unpaired) electrons. The van der Waals surface area contributed by atoms with Gasteiger partial charge in [0.1, 0.15) is 10.6 Å². The van der Waals surface area contributed by atoms with Crippen molar-refractivity contribution in [2.24, 2.45) is 11.8 Å². The number of ether oxygens (including phenoxy) is 2. The maximum Gasteiger partial charge on any atom is 0.328 e. The van der Waals surface area contributed by atoms with E-state index in [1.165, 1.54) is 7.11 Å². The van der Waals surface area contributed by atoms with Crippen LogP contribution in [0.3, 0.4) is 0 Å². The predicted octanol–water partition coefficient (Wildman–Crippen LogP) is 3.16. The number of amides is 1. The molecule has 0 spiro atoms. The molecule has 0 aliphatic heterocycles. The summed E-state index contributed by atoms with van der Waals surface area (Å²) < 4.78 is 10.9. The van der Waals surface area contributed by atoms with Gasteiger partial charge < -0.3 is 14.8 Å². The number of esters is 1. The van der Waals surface area contributed by atoms with Crippen LogP contribution in [-0.4, -0.2) is 43.2 Å². The molecule has 148 valence electrons. The van der Waals surface area contributed by atoms with E-state index < -0.39 is 17.9 Å². The van der Waals surface area contributed by atoms with Crippen LogP contribution in [0.5, 0.6) is 0 Å². The average molecular weight is 439 g/mol. The number of carbonyl (C=O) groups is 2. The van der Waals surface area contributed by atoms with Crippen molar-refractivity contribution in [2.45, 2.75) is 26.3 Å². The Labute approximate surface area is 169 Å². The largest absolute Gasteiger partial charge is 0.467 e. The molecule has 0 saturated heterocycles. The first-order chi connectivity index (χ1) is 12.8. The number of aromatic nitrogens is 1. The number of rotatable bonds is 11. The van der Waals surface area contributed by atoms with Gasteiger partial charge in [-0.25, -0.2) is 9.78 Å². The van der Waals surface area contributed by atoms with Gasteiger partial charge in [-0.3, -0.25) is 4.79 Å². The van der Waals surface area contributed by atoms with Crippen molar-refractivity contribution in [1.82, 2.24) is 10.3 Å². The second-order valence-electron chi connectivity index (χ2n) is 6.38. The van der Waals surface area contributed by atoms with Crippen LogP contribution in [0.15, 0.2) is 36.0 Å². The van der Waals surface area contributed by atoms with Crippen molar-refractivity contribution < 1.29 is 19.1 Å². The average Bonchev–Trinajstić information content (AvgIpc) is 2.63. The highest BCUT2D eigenvalue weighted by Gasteiger charge is 2.28. The first kappa shape index (κ1) is 23.0. The normalized spacial score (nSPS) is 12.9. The molecule has 0 saturated carbocycles. The molecule has 0 aliphatic rings. The fourth-order valence-corrected chi connectivity index (χ4v) is 2.96. The molecule has 27 heavy (non-hydrogen) atoms. The zero-order valence-corrected chi connectivity index (χ0v) is 17.6. The van der Waals surface area contributed by atoms with Crippen LogP contribution < -0.4 is 5.32 Å². The van der Waals surface area contributed by atoms with Gasteiger partial charge in [0.25, 0.3) is 0 Å². The number of methoxy groups -OCH3 is 1. The maximum atomic E-state index is 12.7. The smallest absolute Gasteiger partial charge is 0.328 e. The van der Waals surface area contributed by atoms with E-state index in [0.717, 1.165) is 5.56 Å². The Morgan fingerprint density at radius 1 is 1.33 bits per heavy atom. The van der Waals surface area contributed by atoms with E-state index in [-0.39, 0.29) is 24.9 Å². The summed E-state index contributed by atoms with van der Waals surface area (Å²) in [6, 6.07) is 2.78. The SMILES string of the molecule is C=CCOC[C@H](C(=O)N[C@@H](Cc1cc(C=C)cc(Br)n1)C(=O)OC)C(C)C. The van der Waals surface area contributed by atoms with Gasteiger partial charge in [-0.1, -0.05) is 32.6 Å². The second kappa shape index (κ2) is 11.7. The van der Waals surface area contributed by atoms with E-state index in [2.05, 4.69) is 39.4 Å². The highest BCUT2D eigenvalue weighted by molar-refractivity contribution is 9.10. The summed E-state index contributed by atoms with van der Waals surface area (Å²) in [5.41, 5.74) is 1.50. The number of hydrogen-bond donors (Lipinski definition) is 1. The van der Waals surface area contributed by atoms with Crippen LogP contribution >= 0.6 is 15.9 Å². The van der Waals surface area contributed by atoms with Gasteiger partial charge in [0.15, 0.2) is 0 Å². The third-order valence-corrected chi connectivity index (χ3v) is 4.40. The van der Waals surface area contributed by atoms with E-state index in [9.17, 15) is 9.59 Å². The van der Waals surface area contributed by atoms with Gasteiger partial charge in [-0.05, 0) is 39.5 Å². The fraction of sp³-hybridized carbons (Fsp3) is 0.450. The molecule has 1 rings (SSSR count). The molecule has 1 aromatic rings. The molecule has 2 atom stereocenters. The summed E-state index contributed by atoms with van der Waals surface area (Å²) in [7, 11) is 1.29. The number of hydrogen-bond acceptors (Lipinski definition) is 5. The van der Waals surface area contributed by atoms with Crippen LogP contribution in [-0.2, 0) is 25.5 Å². The lowest BCUT2D eigenvalue weighted by atomic mass is 9.95. The number of halogens is 1. The fourth-order valence-electron chi connectivity index (χ4n) is 2.47. The maximum absolute atomic E-state index is 12.7. The lowest BCUT2D eigenvalue weighted by molar-refractivity contribution is -0.146. The number of nitrogens with one attached hydrogen (secondary N) is 1. The highest BCUT2D eigenvalue weighted by Crippen LogP contribution is 2.16. The molecular formula is C20H27BrN2O4. The Hall–Kier alpha value is -1.99. The first-order valence-electron chi connectivity index (χ1n) is 8.68. The number of nitrogens with zero attached hydrogens (tertiary/aromatic N) is 1. The molecule has 1 aromatic heterocycles. The summed E-state index contributed by atoms with van der Waals surface area (Å²) in [6.45, 7) is 11.8. The second-order valence-corrected chi connectivity index (χ2v) is 7.20. The first-order valence-corrected chi connectivity index (χ1v) is 9.47. The van der Waals surface area contributed by atoms with Crippen molar-refractivity contribution in [3.8, 4) is 0 Å². The summed E-state index contributed by atoms with van der Waals surface area (Å²) in [6.07, 6.45) is 3.52. The third-order valence-electron chi connectivity index (χ3n) is 4.00. The van der Waals surface area contributed by atoms with Crippen LogP contribution in [0.4, 0.5) is 0 Å². The van der Waals surface area contributed by atoms with Crippen LogP contribution in [0, 0.1) is 11.8 Å². The van der Waals surface area contributed by atoms with Crippen LogP contribution in [0.2, 0.25) is 0 Å².